The molecule has 0 bridgehead atoms. The van der Waals surface area contributed by atoms with Gasteiger partial charge in [0, 0.05) is 23.5 Å². The Bertz CT molecular complexity index is 1280. The third-order valence-corrected chi connectivity index (χ3v) is 6.52. The van der Waals surface area contributed by atoms with Crippen LogP contribution in [0, 0.1) is 11.3 Å². The molecule has 178 valence electrons. The van der Waals surface area contributed by atoms with Crippen molar-refractivity contribution in [2.75, 3.05) is 17.2 Å². The van der Waals surface area contributed by atoms with Crippen LogP contribution in [-0.4, -0.2) is 23.4 Å². The van der Waals surface area contributed by atoms with Gasteiger partial charge in [0.15, 0.2) is 0 Å². The van der Waals surface area contributed by atoms with E-state index in [4.69, 9.17) is 5.26 Å². The van der Waals surface area contributed by atoms with Crippen LogP contribution < -0.4 is 10.6 Å². The molecular weight excluding hydrogens is 436 g/mol. The van der Waals surface area contributed by atoms with Crippen molar-refractivity contribution < 1.29 is 9.59 Å². The molecule has 0 saturated carbocycles. The average molecular weight is 467 g/mol. The maximum absolute atomic E-state index is 13.0. The van der Waals surface area contributed by atoms with Gasteiger partial charge in [-0.15, -0.1) is 0 Å². The van der Waals surface area contributed by atoms with Gasteiger partial charge >= 0.3 is 6.03 Å². The van der Waals surface area contributed by atoms with Crippen LogP contribution in [-0.2, 0) is 12.8 Å². The van der Waals surface area contributed by atoms with Gasteiger partial charge in [0.25, 0.3) is 5.91 Å². The first-order valence-electron chi connectivity index (χ1n) is 12.1. The number of hydrogen-bond donors (Lipinski definition) is 2. The molecule has 0 radical (unpaired) electrons. The van der Waals surface area contributed by atoms with Crippen LogP contribution in [0.3, 0.4) is 0 Å². The van der Waals surface area contributed by atoms with Crippen LogP contribution in [0.4, 0.5) is 16.2 Å². The number of nitrogens with one attached hydrogen (secondary N) is 2. The van der Waals surface area contributed by atoms with Crippen molar-refractivity contribution >= 4 is 23.3 Å². The van der Waals surface area contributed by atoms with Crippen LogP contribution in [0.2, 0.25) is 0 Å². The number of aryl methyl sites for hydroxylation is 2. The molecule has 3 aromatic carbocycles. The number of nitrogens with zero attached hydrogens (tertiary/aromatic N) is 2. The molecule has 1 saturated heterocycles. The van der Waals surface area contributed by atoms with Crippen molar-refractivity contribution in [2.45, 2.75) is 45.6 Å². The molecule has 1 aliphatic heterocycles. The SMILES string of the molecule is CCc1ccc(NC(=O)c2cccc(C3CCCN3C(=O)Nc3cccc(C#N)c3)c2)cc1CC. The standard InChI is InChI=1S/C29H30N4O2/c1-3-21-13-14-26(18-22(21)4-2)31-28(34)24-10-6-9-23(17-24)27-12-7-15-33(27)29(35)32-25-11-5-8-20(16-25)19-30/h5-6,8-11,13-14,16-18,27H,3-4,7,12,15H2,1-2H3,(H,31,34)(H,32,35). The molecule has 4 rings (SSSR count). The molecular formula is C29H30N4O2. The van der Waals surface area contributed by atoms with Crippen LogP contribution in [0.15, 0.2) is 66.7 Å². The Balaban J connectivity index is 1.49. The second-order valence-corrected chi connectivity index (χ2v) is 8.74. The number of urea groups is 1. The van der Waals surface area contributed by atoms with E-state index in [2.05, 4.69) is 36.6 Å². The zero-order valence-electron chi connectivity index (χ0n) is 20.2. The molecule has 1 unspecified atom stereocenters. The van der Waals surface area contributed by atoms with E-state index in [0.717, 1.165) is 36.9 Å². The second-order valence-electron chi connectivity index (χ2n) is 8.74. The van der Waals surface area contributed by atoms with Gasteiger partial charge in [0.1, 0.15) is 0 Å². The first kappa shape index (κ1) is 24.0. The minimum absolute atomic E-state index is 0.113. The molecule has 35 heavy (non-hydrogen) atoms. The Kier molecular flexibility index (Phi) is 7.47. The number of likely N-dealkylation sites (tertiary alicyclic amines) is 1. The van der Waals surface area contributed by atoms with E-state index in [0.29, 0.717) is 23.4 Å². The molecule has 6 heteroatoms. The van der Waals surface area contributed by atoms with E-state index in [9.17, 15) is 9.59 Å². The summed E-state index contributed by atoms with van der Waals surface area (Å²) in [4.78, 5) is 27.8. The summed E-state index contributed by atoms with van der Waals surface area (Å²) in [6.07, 6.45) is 3.60. The molecule has 1 aliphatic rings. The van der Waals surface area contributed by atoms with Gasteiger partial charge in [0.05, 0.1) is 17.7 Å². The molecule has 3 amide bonds. The molecule has 1 atom stereocenters. The first-order valence-corrected chi connectivity index (χ1v) is 12.1. The lowest BCUT2D eigenvalue weighted by atomic mass is 10.0. The molecule has 6 nitrogen and oxygen atoms in total. The summed E-state index contributed by atoms with van der Waals surface area (Å²) < 4.78 is 0. The highest BCUT2D eigenvalue weighted by Crippen LogP contribution is 2.33. The molecule has 0 aromatic heterocycles. The minimum atomic E-state index is -0.208. The van der Waals surface area contributed by atoms with Crippen LogP contribution in [0.1, 0.15) is 65.3 Å². The van der Waals surface area contributed by atoms with Crippen molar-refractivity contribution in [2.24, 2.45) is 0 Å². The summed E-state index contributed by atoms with van der Waals surface area (Å²) in [6.45, 7) is 4.88. The smallest absolute Gasteiger partial charge is 0.322 e. The zero-order valence-corrected chi connectivity index (χ0v) is 20.2. The highest BCUT2D eigenvalue weighted by atomic mass is 16.2. The highest BCUT2D eigenvalue weighted by Gasteiger charge is 2.30. The van der Waals surface area contributed by atoms with Gasteiger partial charge in [-0.25, -0.2) is 4.79 Å². The lowest BCUT2D eigenvalue weighted by molar-refractivity contribution is 0.102. The van der Waals surface area contributed by atoms with Crippen molar-refractivity contribution in [3.05, 3.63) is 94.5 Å². The number of rotatable bonds is 6. The predicted octanol–water partition coefficient (Wildman–Crippen LogP) is 6.30. The average Bonchev–Trinajstić information content (AvgIpc) is 3.39. The zero-order chi connectivity index (χ0) is 24.8. The Morgan fingerprint density at radius 2 is 1.71 bits per heavy atom. The predicted molar refractivity (Wildman–Crippen MR) is 138 cm³/mol. The maximum Gasteiger partial charge on any atom is 0.322 e. The molecule has 1 fully saturated rings. The quantitative estimate of drug-likeness (QED) is 0.447. The summed E-state index contributed by atoms with van der Waals surface area (Å²) in [7, 11) is 0. The molecule has 2 N–H and O–H groups in total. The lowest BCUT2D eigenvalue weighted by Crippen LogP contribution is -2.34. The largest absolute Gasteiger partial charge is 0.322 e. The summed E-state index contributed by atoms with van der Waals surface area (Å²) in [5.74, 6) is -0.166. The van der Waals surface area contributed by atoms with E-state index >= 15 is 0 Å². The Morgan fingerprint density at radius 3 is 2.49 bits per heavy atom. The summed E-state index contributed by atoms with van der Waals surface area (Å²) in [5.41, 5.74) is 5.92. The molecule has 0 spiro atoms. The monoisotopic (exact) mass is 466 g/mol. The third-order valence-electron chi connectivity index (χ3n) is 6.52. The van der Waals surface area contributed by atoms with E-state index < -0.39 is 0 Å². The first-order chi connectivity index (χ1) is 17.0. The molecule has 0 aliphatic carbocycles. The van der Waals surface area contributed by atoms with Crippen LogP contribution in [0.25, 0.3) is 0 Å². The second kappa shape index (κ2) is 10.9. The minimum Gasteiger partial charge on any atom is -0.322 e. The summed E-state index contributed by atoms with van der Waals surface area (Å²) in [5, 5.41) is 15.0. The van der Waals surface area contributed by atoms with Crippen molar-refractivity contribution in [1.29, 1.82) is 5.26 Å². The fourth-order valence-electron chi connectivity index (χ4n) is 4.69. The summed E-state index contributed by atoms with van der Waals surface area (Å²) in [6, 6.07) is 22.2. The molecule has 3 aromatic rings. The van der Waals surface area contributed by atoms with E-state index in [1.165, 1.54) is 11.1 Å². The van der Waals surface area contributed by atoms with E-state index in [-0.39, 0.29) is 18.0 Å². The van der Waals surface area contributed by atoms with Gasteiger partial charge in [-0.2, -0.15) is 5.26 Å². The third kappa shape index (κ3) is 5.52. The number of carbonyl (C=O) groups is 2. The van der Waals surface area contributed by atoms with Gasteiger partial charge < -0.3 is 15.5 Å². The normalized spacial score (nSPS) is 14.9. The van der Waals surface area contributed by atoms with Crippen molar-refractivity contribution in [3.63, 3.8) is 0 Å². The number of anilines is 2. The van der Waals surface area contributed by atoms with Gasteiger partial charge in [-0.3, -0.25) is 4.79 Å². The van der Waals surface area contributed by atoms with E-state index in [1.807, 2.05) is 30.3 Å². The number of hydrogen-bond acceptors (Lipinski definition) is 3. The summed E-state index contributed by atoms with van der Waals surface area (Å²) >= 11 is 0. The number of nitriles is 1. The van der Waals surface area contributed by atoms with Crippen LogP contribution >= 0.6 is 0 Å². The van der Waals surface area contributed by atoms with Gasteiger partial charge in [-0.1, -0.05) is 38.1 Å². The fourth-order valence-corrected chi connectivity index (χ4v) is 4.69. The topological polar surface area (TPSA) is 85.2 Å². The highest BCUT2D eigenvalue weighted by molar-refractivity contribution is 6.04. The number of benzene rings is 3. The lowest BCUT2D eigenvalue weighted by Gasteiger charge is -2.25. The number of carbonyl (C=O) groups excluding carboxylic acids is 2. The Labute approximate surface area is 206 Å². The fraction of sp³-hybridized carbons (Fsp3) is 0.276. The van der Waals surface area contributed by atoms with Crippen LogP contribution in [0.5, 0.6) is 0 Å². The van der Waals surface area contributed by atoms with Gasteiger partial charge in [-0.05, 0) is 84.8 Å². The Hall–Kier alpha value is -4.11. The van der Waals surface area contributed by atoms with E-state index in [1.54, 1.807) is 35.2 Å². The maximum atomic E-state index is 13.0. The molecule has 1 heterocycles. The Morgan fingerprint density at radius 1 is 0.943 bits per heavy atom. The number of amides is 3. The van der Waals surface area contributed by atoms with Crippen molar-refractivity contribution in [1.82, 2.24) is 4.90 Å². The van der Waals surface area contributed by atoms with Crippen molar-refractivity contribution in [3.8, 4) is 6.07 Å². The van der Waals surface area contributed by atoms with Gasteiger partial charge in [0.2, 0.25) is 0 Å².